The lowest BCUT2D eigenvalue weighted by molar-refractivity contribution is -0.138. The zero-order valence-corrected chi connectivity index (χ0v) is 19.8. The van der Waals surface area contributed by atoms with Gasteiger partial charge in [-0.3, -0.25) is 4.79 Å². The molecule has 0 spiro atoms. The van der Waals surface area contributed by atoms with Gasteiger partial charge in [0, 0.05) is 30.6 Å². The van der Waals surface area contributed by atoms with Gasteiger partial charge in [0.25, 0.3) is 5.91 Å². The topological polar surface area (TPSA) is 58.6 Å². The Hall–Kier alpha value is -3.24. The lowest BCUT2D eigenvalue weighted by Crippen LogP contribution is -2.52. The van der Waals surface area contributed by atoms with Crippen LogP contribution in [0.25, 0.3) is 0 Å². The quantitative estimate of drug-likeness (QED) is 0.491. The third kappa shape index (κ3) is 6.92. The van der Waals surface area contributed by atoms with Crippen LogP contribution in [0.5, 0.6) is 0 Å². The van der Waals surface area contributed by atoms with Gasteiger partial charge in [-0.25, -0.2) is 4.79 Å². The molecule has 1 aliphatic rings. The molecule has 2 aromatic rings. The molecule has 1 fully saturated rings. The molecule has 1 saturated heterocycles. The van der Waals surface area contributed by atoms with E-state index in [0.717, 1.165) is 36.4 Å². The number of carbonyl (C=O) groups excluding carboxylic acids is 2. The first kappa shape index (κ1) is 27.3. The largest absolute Gasteiger partial charge is 0.444 e. The number of hydrogen-bond acceptors (Lipinski definition) is 3. The van der Waals surface area contributed by atoms with Crippen molar-refractivity contribution in [1.82, 2.24) is 10.2 Å². The lowest BCUT2D eigenvalue weighted by atomic mass is 9.85. The van der Waals surface area contributed by atoms with Crippen molar-refractivity contribution in [3.05, 3.63) is 70.8 Å². The Bertz CT molecular complexity index is 1070. The zero-order chi connectivity index (χ0) is 26.9. The maximum atomic E-state index is 13.0. The van der Waals surface area contributed by atoms with Gasteiger partial charge in [0.05, 0.1) is 11.1 Å². The van der Waals surface area contributed by atoms with Gasteiger partial charge in [-0.15, -0.1) is 0 Å². The van der Waals surface area contributed by atoms with Crippen molar-refractivity contribution in [3.63, 3.8) is 0 Å². The summed E-state index contributed by atoms with van der Waals surface area (Å²) >= 11 is 0. The number of nitrogens with one attached hydrogen (secondary N) is 1. The van der Waals surface area contributed by atoms with Crippen LogP contribution >= 0.6 is 0 Å². The smallest absolute Gasteiger partial charge is 0.416 e. The number of ether oxygens (including phenoxy) is 1. The molecule has 2 amide bonds. The summed E-state index contributed by atoms with van der Waals surface area (Å²) in [6.45, 7) is 5.39. The van der Waals surface area contributed by atoms with E-state index >= 15 is 0 Å². The van der Waals surface area contributed by atoms with E-state index in [1.54, 1.807) is 20.8 Å². The third-order valence-electron chi connectivity index (χ3n) is 5.72. The maximum Gasteiger partial charge on any atom is 0.416 e. The second-order valence-electron chi connectivity index (χ2n) is 9.60. The normalized spacial score (nSPS) is 19.1. The van der Waals surface area contributed by atoms with E-state index in [9.17, 15) is 35.9 Å². The van der Waals surface area contributed by atoms with E-state index in [-0.39, 0.29) is 25.1 Å². The molecule has 1 unspecified atom stereocenters. The minimum absolute atomic E-state index is 0.00346. The SMILES string of the molecule is CC(C)(C)OC(=O)N1CCC(NC(=O)c2ccc(C(F)(F)F)cc2)[C@H](c2ccc(C(F)(F)F)cc2)C1. The fraction of sp³-hybridized carbons (Fsp3) is 0.440. The van der Waals surface area contributed by atoms with E-state index in [4.69, 9.17) is 4.74 Å². The fourth-order valence-electron chi connectivity index (χ4n) is 3.94. The second-order valence-corrected chi connectivity index (χ2v) is 9.60. The summed E-state index contributed by atoms with van der Waals surface area (Å²) in [5.41, 5.74) is -2.02. The van der Waals surface area contributed by atoms with Crippen LogP contribution < -0.4 is 5.32 Å². The molecule has 196 valence electrons. The van der Waals surface area contributed by atoms with Gasteiger partial charge in [0.1, 0.15) is 5.60 Å². The monoisotopic (exact) mass is 516 g/mol. The summed E-state index contributed by atoms with van der Waals surface area (Å²) in [5.74, 6) is -1.21. The molecular weight excluding hydrogens is 490 g/mol. The van der Waals surface area contributed by atoms with Crippen molar-refractivity contribution in [3.8, 4) is 0 Å². The number of rotatable bonds is 3. The van der Waals surface area contributed by atoms with E-state index in [2.05, 4.69) is 5.32 Å². The van der Waals surface area contributed by atoms with Crippen molar-refractivity contribution in [2.45, 2.75) is 57.1 Å². The average molecular weight is 516 g/mol. The predicted octanol–water partition coefficient (Wildman–Crippen LogP) is 6.25. The van der Waals surface area contributed by atoms with Gasteiger partial charge in [-0.1, -0.05) is 12.1 Å². The van der Waals surface area contributed by atoms with Gasteiger partial charge in [-0.2, -0.15) is 26.3 Å². The molecule has 11 heteroatoms. The van der Waals surface area contributed by atoms with Crippen LogP contribution in [0.3, 0.4) is 0 Å². The van der Waals surface area contributed by atoms with Crippen LogP contribution in [-0.2, 0) is 17.1 Å². The predicted molar refractivity (Wildman–Crippen MR) is 119 cm³/mol. The Labute approximate surface area is 204 Å². The summed E-state index contributed by atoms with van der Waals surface area (Å²) in [5, 5.41) is 2.77. The molecule has 3 rings (SSSR count). The Balaban J connectivity index is 1.83. The number of hydrogen-bond donors (Lipinski definition) is 1. The van der Waals surface area contributed by atoms with Gasteiger partial charge < -0.3 is 15.0 Å². The summed E-state index contributed by atoms with van der Waals surface area (Å²) < 4.78 is 83.0. The molecule has 0 saturated carbocycles. The molecule has 2 aromatic carbocycles. The molecule has 0 aromatic heterocycles. The molecule has 0 bridgehead atoms. The molecule has 2 atom stereocenters. The molecule has 0 radical (unpaired) electrons. The molecule has 0 aliphatic carbocycles. The summed E-state index contributed by atoms with van der Waals surface area (Å²) in [7, 11) is 0. The van der Waals surface area contributed by atoms with Crippen molar-refractivity contribution >= 4 is 12.0 Å². The molecule has 5 nitrogen and oxygen atoms in total. The summed E-state index contributed by atoms with van der Waals surface area (Å²) in [4.78, 5) is 26.8. The minimum Gasteiger partial charge on any atom is -0.444 e. The molecule has 1 aliphatic heterocycles. The number of nitrogens with zero attached hydrogens (tertiary/aromatic N) is 1. The number of amides is 2. The second kappa shape index (κ2) is 10.0. The van der Waals surface area contributed by atoms with Crippen molar-refractivity contribution in [1.29, 1.82) is 0 Å². The van der Waals surface area contributed by atoms with Gasteiger partial charge >= 0.3 is 18.4 Å². The molecular formula is C25H26F6N2O3. The zero-order valence-electron chi connectivity index (χ0n) is 19.8. The van der Waals surface area contributed by atoms with Crippen LogP contribution in [0.1, 0.15) is 60.2 Å². The van der Waals surface area contributed by atoms with Crippen LogP contribution in [0, 0.1) is 0 Å². The van der Waals surface area contributed by atoms with Gasteiger partial charge in [0.15, 0.2) is 0 Å². The molecule has 1 heterocycles. The first-order valence-corrected chi connectivity index (χ1v) is 11.2. The number of piperidine rings is 1. The maximum absolute atomic E-state index is 13.0. The molecule has 36 heavy (non-hydrogen) atoms. The Kier molecular flexibility index (Phi) is 7.61. The Morgan fingerprint density at radius 3 is 1.83 bits per heavy atom. The highest BCUT2D eigenvalue weighted by Crippen LogP contribution is 2.33. The van der Waals surface area contributed by atoms with Crippen LogP contribution in [0.2, 0.25) is 0 Å². The van der Waals surface area contributed by atoms with Crippen molar-refractivity contribution < 1.29 is 40.7 Å². The fourth-order valence-corrected chi connectivity index (χ4v) is 3.94. The van der Waals surface area contributed by atoms with Crippen LogP contribution in [0.4, 0.5) is 31.1 Å². The Morgan fingerprint density at radius 1 is 0.861 bits per heavy atom. The number of likely N-dealkylation sites (tertiary alicyclic amines) is 1. The van der Waals surface area contributed by atoms with Gasteiger partial charge in [-0.05, 0) is 69.2 Å². The van der Waals surface area contributed by atoms with Gasteiger partial charge in [0.2, 0.25) is 0 Å². The lowest BCUT2D eigenvalue weighted by Gasteiger charge is -2.39. The first-order valence-electron chi connectivity index (χ1n) is 11.2. The van der Waals surface area contributed by atoms with Crippen LogP contribution in [0.15, 0.2) is 48.5 Å². The molecule has 1 N–H and O–H groups in total. The summed E-state index contributed by atoms with van der Waals surface area (Å²) in [6.07, 6.45) is -9.40. The highest BCUT2D eigenvalue weighted by atomic mass is 19.4. The number of alkyl halides is 6. The minimum atomic E-state index is -4.54. The summed E-state index contributed by atoms with van der Waals surface area (Å²) in [6, 6.07) is 7.57. The first-order chi connectivity index (χ1) is 16.5. The number of halogens is 6. The van der Waals surface area contributed by atoms with Crippen LogP contribution in [-0.4, -0.2) is 41.6 Å². The standard InChI is InChI=1S/C25H26F6N2O3/c1-23(2,3)36-22(35)33-13-12-20(19(14-33)15-4-8-17(9-5-15)24(26,27)28)32-21(34)16-6-10-18(11-7-16)25(29,30)31/h4-11,19-20H,12-14H2,1-3H3,(H,32,34)/t19-,20?/m0/s1. The highest BCUT2D eigenvalue weighted by Gasteiger charge is 2.37. The van der Waals surface area contributed by atoms with E-state index in [1.807, 2.05) is 0 Å². The highest BCUT2D eigenvalue weighted by molar-refractivity contribution is 5.94. The average Bonchev–Trinajstić information content (AvgIpc) is 2.77. The Morgan fingerprint density at radius 2 is 1.36 bits per heavy atom. The van der Waals surface area contributed by atoms with E-state index in [1.165, 1.54) is 17.0 Å². The third-order valence-corrected chi connectivity index (χ3v) is 5.72. The van der Waals surface area contributed by atoms with Crippen molar-refractivity contribution in [2.75, 3.05) is 13.1 Å². The van der Waals surface area contributed by atoms with E-state index < -0.39 is 53.0 Å². The number of benzene rings is 2. The van der Waals surface area contributed by atoms with E-state index in [0.29, 0.717) is 5.56 Å². The van der Waals surface area contributed by atoms with Crippen molar-refractivity contribution in [2.24, 2.45) is 0 Å². The number of carbonyl (C=O) groups is 2.